The highest BCUT2D eigenvalue weighted by Crippen LogP contribution is 2.34. The van der Waals surface area contributed by atoms with Crippen LogP contribution in [0.4, 0.5) is 11.4 Å². The van der Waals surface area contributed by atoms with E-state index in [4.69, 9.17) is 0 Å². The molecule has 0 atom stereocenters. The van der Waals surface area contributed by atoms with Gasteiger partial charge in [-0.2, -0.15) is 0 Å². The molecule has 0 amide bonds. The molecule has 1 heterocycles. The van der Waals surface area contributed by atoms with Gasteiger partial charge in [0.25, 0.3) is 0 Å². The van der Waals surface area contributed by atoms with Crippen LogP contribution in [0.5, 0.6) is 0 Å². The van der Waals surface area contributed by atoms with E-state index in [2.05, 4.69) is 162 Å². The summed E-state index contributed by atoms with van der Waals surface area (Å²) in [5.74, 6) is 0. The van der Waals surface area contributed by atoms with Crippen molar-refractivity contribution in [2.45, 2.75) is 0 Å². The molecule has 38 heavy (non-hydrogen) atoms. The Kier molecular flexibility index (Phi) is 5.49. The summed E-state index contributed by atoms with van der Waals surface area (Å²) in [6.07, 6.45) is 0. The minimum absolute atomic E-state index is 1.07. The van der Waals surface area contributed by atoms with Gasteiger partial charge in [-0.05, 0) is 59.2 Å². The third-order valence-electron chi connectivity index (χ3n) is 7.19. The number of fused-ring (bicyclic) bond motifs is 3. The maximum Gasteiger partial charge on any atom is 0.0541 e. The number of benzene rings is 6. The molecular formula is C36H26N2. The van der Waals surface area contributed by atoms with Gasteiger partial charge in [0.05, 0.1) is 11.0 Å². The summed E-state index contributed by atoms with van der Waals surface area (Å²) in [6, 6.07) is 53.7. The van der Waals surface area contributed by atoms with Crippen molar-refractivity contribution in [1.29, 1.82) is 0 Å². The first-order chi connectivity index (χ1) is 18.8. The highest BCUT2D eigenvalue weighted by Gasteiger charge is 2.12. The lowest BCUT2D eigenvalue weighted by Crippen LogP contribution is -1.95. The predicted octanol–water partition coefficient (Wildman–Crippen LogP) is 9.86. The number of para-hydroxylation sites is 3. The summed E-state index contributed by atoms with van der Waals surface area (Å²) < 4.78 is 2.37. The van der Waals surface area contributed by atoms with Crippen LogP contribution in [-0.4, -0.2) is 4.57 Å². The van der Waals surface area contributed by atoms with Crippen molar-refractivity contribution in [2.75, 3.05) is 5.32 Å². The van der Waals surface area contributed by atoms with E-state index in [1.165, 1.54) is 49.7 Å². The van der Waals surface area contributed by atoms with E-state index in [-0.39, 0.29) is 0 Å². The Bertz CT molecular complexity index is 1830. The largest absolute Gasteiger partial charge is 0.355 e. The highest BCUT2D eigenvalue weighted by atomic mass is 15.0. The second kappa shape index (κ2) is 9.42. The van der Waals surface area contributed by atoms with Crippen molar-refractivity contribution in [3.05, 3.63) is 152 Å². The molecule has 1 N–H and O–H groups in total. The van der Waals surface area contributed by atoms with Crippen molar-refractivity contribution in [2.24, 2.45) is 0 Å². The molecule has 0 radical (unpaired) electrons. The van der Waals surface area contributed by atoms with Gasteiger partial charge in [0.2, 0.25) is 0 Å². The van der Waals surface area contributed by atoms with Gasteiger partial charge in [-0.3, -0.25) is 0 Å². The average Bonchev–Trinajstić information content (AvgIpc) is 3.33. The maximum absolute atomic E-state index is 3.62. The number of hydrogen-bond donors (Lipinski definition) is 1. The third-order valence-corrected chi connectivity index (χ3v) is 7.19. The summed E-state index contributed by atoms with van der Waals surface area (Å²) in [4.78, 5) is 0. The number of hydrogen-bond acceptors (Lipinski definition) is 1. The van der Waals surface area contributed by atoms with Crippen LogP contribution in [0.1, 0.15) is 0 Å². The van der Waals surface area contributed by atoms with Crippen LogP contribution in [-0.2, 0) is 0 Å². The summed E-state index contributed by atoms with van der Waals surface area (Å²) in [7, 11) is 0. The smallest absolute Gasteiger partial charge is 0.0541 e. The zero-order valence-corrected chi connectivity index (χ0v) is 20.9. The summed E-state index contributed by atoms with van der Waals surface area (Å²) in [5, 5.41) is 6.17. The molecular weight excluding hydrogens is 460 g/mol. The Labute approximate surface area is 222 Å². The van der Waals surface area contributed by atoms with Gasteiger partial charge in [0.15, 0.2) is 0 Å². The summed E-state index contributed by atoms with van der Waals surface area (Å²) in [5.41, 5.74) is 10.6. The normalized spacial score (nSPS) is 11.2. The minimum Gasteiger partial charge on any atom is -0.355 e. The first kappa shape index (κ1) is 22.1. The number of rotatable bonds is 5. The monoisotopic (exact) mass is 486 g/mol. The molecule has 0 fully saturated rings. The quantitative estimate of drug-likeness (QED) is 0.256. The molecule has 0 aliphatic heterocycles. The summed E-state index contributed by atoms with van der Waals surface area (Å²) in [6.45, 7) is 0. The van der Waals surface area contributed by atoms with Crippen molar-refractivity contribution < 1.29 is 0 Å². The van der Waals surface area contributed by atoms with E-state index < -0.39 is 0 Å². The van der Waals surface area contributed by atoms with E-state index in [0.717, 1.165) is 11.4 Å². The SMILES string of the molecule is c1ccc(-c2ccccc2Nc2ccc(-c3cccc(-n4c5ccccc5c5ccccc54)c3)cc2)cc1. The van der Waals surface area contributed by atoms with Crippen LogP contribution in [0.3, 0.4) is 0 Å². The molecule has 7 rings (SSSR count). The number of nitrogens with zero attached hydrogens (tertiary/aromatic N) is 1. The van der Waals surface area contributed by atoms with Crippen molar-refractivity contribution in [1.82, 2.24) is 4.57 Å². The molecule has 7 aromatic rings. The molecule has 6 aromatic carbocycles. The topological polar surface area (TPSA) is 17.0 Å². The second-order valence-electron chi connectivity index (χ2n) is 9.53. The van der Waals surface area contributed by atoms with Gasteiger partial charge >= 0.3 is 0 Å². The Morgan fingerprint density at radius 1 is 0.421 bits per heavy atom. The molecule has 2 heteroatoms. The van der Waals surface area contributed by atoms with Gasteiger partial charge in [-0.1, -0.05) is 109 Å². The lowest BCUT2D eigenvalue weighted by molar-refractivity contribution is 1.18. The Balaban J connectivity index is 1.22. The predicted molar refractivity (Wildman–Crippen MR) is 161 cm³/mol. The maximum atomic E-state index is 3.62. The summed E-state index contributed by atoms with van der Waals surface area (Å²) >= 11 is 0. The van der Waals surface area contributed by atoms with Crippen molar-refractivity contribution >= 4 is 33.2 Å². The zero-order chi connectivity index (χ0) is 25.3. The first-order valence-electron chi connectivity index (χ1n) is 13.0. The minimum atomic E-state index is 1.07. The fourth-order valence-corrected chi connectivity index (χ4v) is 5.39. The van der Waals surface area contributed by atoms with Crippen LogP contribution in [0.25, 0.3) is 49.7 Å². The molecule has 0 aliphatic carbocycles. The van der Waals surface area contributed by atoms with Crippen LogP contribution in [0.15, 0.2) is 152 Å². The van der Waals surface area contributed by atoms with Crippen molar-refractivity contribution in [3.8, 4) is 27.9 Å². The highest BCUT2D eigenvalue weighted by molar-refractivity contribution is 6.09. The van der Waals surface area contributed by atoms with Crippen LogP contribution < -0.4 is 5.32 Å². The van der Waals surface area contributed by atoms with Crippen molar-refractivity contribution in [3.63, 3.8) is 0 Å². The first-order valence-corrected chi connectivity index (χ1v) is 13.0. The molecule has 0 spiro atoms. The van der Waals surface area contributed by atoms with Gasteiger partial charge < -0.3 is 9.88 Å². The Hall–Kier alpha value is -5.08. The lowest BCUT2D eigenvalue weighted by atomic mass is 10.0. The second-order valence-corrected chi connectivity index (χ2v) is 9.53. The number of nitrogens with one attached hydrogen (secondary N) is 1. The van der Waals surface area contributed by atoms with E-state index in [1.54, 1.807) is 0 Å². The Morgan fingerprint density at radius 2 is 1.03 bits per heavy atom. The molecule has 0 aliphatic rings. The lowest BCUT2D eigenvalue weighted by Gasteiger charge is -2.13. The van der Waals surface area contributed by atoms with E-state index >= 15 is 0 Å². The Morgan fingerprint density at radius 3 is 1.76 bits per heavy atom. The fraction of sp³-hybridized carbons (Fsp3) is 0. The average molecular weight is 487 g/mol. The molecule has 1 aromatic heterocycles. The van der Waals surface area contributed by atoms with E-state index in [0.29, 0.717) is 0 Å². The number of anilines is 2. The van der Waals surface area contributed by atoms with Gasteiger partial charge in [-0.25, -0.2) is 0 Å². The van der Waals surface area contributed by atoms with Crippen LogP contribution >= 0.6 is 0 Å². The molecule has 0 saturated carbocycles. The molecule has 0 unspecified atom stereocenters. The van der Waals surface area contributed by atoms with Gasteiger partial charge in [0.1, 0.15) is 0 Å². The number of aromatic nitrogens is 1. The third kappa shape index (κ3) is 3.93. The molecule has 0 bridgehead atoms. The van der Waals surface area contributed by atoms with Gasteiger partial charge in [-0.15, -0.1) is 0 Å². The molecule has 180 valence electrons. The molecule has 0 saturated heterocycles. The van der Waals surface area contributed by atoms with E-state index in [9.17, 15) is 0 Å². The van der Waals surface area contributed by atoms with E-state index in [1.807, 2.05) is 0 Å². The van der Waals surface area contributed by atoms with Gasteiger partial charge in [0, 0.05) is 33.4 Å². The molecule has 2 nitrogen and oxygen atoms in total. The standard InChI is InChI=1S/C36H26N2/c1-2-11-27(12-3-1)31-15-4-7-18-34(31)37-29-23-21-26(22-24-29)28-13-10-14-30(25-28)38-35-19-8-5-16-32(35)33-17-6-9-20-36(33)38/h1-25,37H. The fourth-order valence-electron chi connectivity index (χ4n) is 5.39. The van der Waals surface area contributed by atoms with Crippen LogP contribution in [0, 0.1) is 0 Å². The zero-order valence-electron chi connectivity index (χ0n) is 20.9. The van der Waals surface area contributed by atoms with Crippen LogP contribution in [0.2, 0.25) is 0 Å².